The van der Waals surface area contributed by atoms with E-state index in [-0.39, 0.29) is 6.54 Å². The van der Waals surface area contributed by atoms with Crippen LogP contribution in [0, 0.1) is 0 Å². The van der Waals surface area contributed by atoms with Gasteiger partial charge in [-0.05, 0) is 26.0 Å². The summed E-state index contributed by atoms with van der Waals surface area (Å²) in [5, 5.41) is 77.8. The second-order valence-electron chi connectivity index (χ2n) is 10.5. The quantitative estimate of drug-likeness (QED) is 0.0718. The van der Waals surface area contributed by atoms with E-state index in [1.54, 1.807) is 18.2 Å². The topological polar surface area (TPSA) is 251 Å². The predicted molar refractivity (Wildman–Crippen MR) is 144 cm³/mol. The lowest BCUT2D eigenvalue weighted by Gasteiger charge is -2.45. The number of nitrogens with one attached hydrogen (secondary N) is 2. The van der Waals surface area contributed by atoms with Crippen LogP contribution in [0.15, 0.2) is 24.4 Å². The standard InChI is InChI=1S/C26H43N3O14/c1-11(31)18(33)20(35)14(9-28-16-7-5-6-8-27-16)40-26-24(23(38-4)19(34)12(2)39-26)42-43-25-17(29-13(3)32)22(37)21(36)15(10-30)41-25/h5-8,11-12,14-15,17-26,30-31,33-37H,9-10H2,1-4H3,(H,27,28)(H,29,32)/t11?,12-,14?,15+,17+,18?,19-,20?,21+,22+,23+,24+,25-,26-/m0/s1. The molecule has 3 heterocycles. The maximum absolute atomic E-state index is 11.8. The number of nitrogens with zero attached hydrogens (tertiary/aromatic N) is 1. The number of hydrogen-bond acceptors (Lipinski definition) is 16. The summed E-state index contributed by atoms with van der Waals surface area (Å²) in [5.74, 6) is -0.169. The summed E-state index contributed by atoms with van der Waals surface area (Å²) in [6, 6.07) is 3.74. The van der Waals surface area contributed by atoms with Crippen molar-refractivity contribution in [3.8, 4) is 0 Å². The van der Waals surface area contributed by atoms with Crippen molar-refractivity contribution in [3.63, 3.8) is 0 Å². The molecule has 0 aromatic carbocycles. The molecular formula is C26H43N3O14. The fourth-order valence-corrected chi connectivity index (χ4v) is 4.74. The lowest BCUT2D eigenvalue weighted by molar-refractivity contribution is -0.465. The minimum absolute atomic E-state index is 0.136. The first-order valence-electron chi connectivity index (χ1n) is 13.8. The first-order valence-corrected chi connectivity index (χ1v) is 13.8. The molecule has 3 rings (SSSR count). The second kappa shape index (κ2) is 16.3. The Kier molecular flexibility index (Phi) is 13.4. The molecule has 2 aliphatic rings. The maximum Gasteiger partial charge on any atom is 0.217 e. The summed E-state index contributed by atoms with van der Waals surface area (Å²) in [5.41, 5.74) is 0. The number of anilines is 1. The molecule has 0 radical (unpaired) electrons. The van der Waals surface area contributed by atoms with Crippen LogP contribution in [0.3, 0.4) is 0 Å². The van der Waals surface area contributed by atoms with E-state index < -0.39 is 98.3 Å². The number of aromatic nitrogens is 1. The Hall–Kier alpha value is -2.10. The normalized spacial score (nSPS) is 35.9. The minimum Gasteiger partial charge on any atom is -0.394 e. The molecule has 0 bridgehead atoms. The van der Waals surface area contributed by atoms with Gasteiger partial charge in [-0.15, -0.1) is 0 Å². The molecule has 2 aliphatic heterocycles. The number of aliphatic hydroxyl groups excluding tert-OH is 7. The van der Waals surface area contributed by atoms with Crippen LogP contribution in [0.5, 0.6) is 0 Å². The Morgan fingerprint density at radius 1 is 1.02 bits per heavy atom. The van der Waals surface area contributed by atoms with Crippen molar-refractivity contribution in [1.29, 1.82) is 0 Å². The van der Waals surface area contributed by atoms with Gasteiger partial charge in [-0.2, -0.15) is 0 Å². The van der Waals surface area contributed by atoms with Crippen LogP contribution in [0.4, 0.5) is 5.82 Å². The largest absolute Gasteiger partial charge is 0.394 e. The SMILES string of the molecule is CO[C@@H]1[C@@H](O)[C@H](C)O[C@@H](OC(CNc2ccccn2)C(O)C(O)C(C)O)[C@@H]1OO[C@@H]1O[C@H](CO)[C@@H](O)[C@H](O)[C@H]1NC(C)=O. The smallest absolute Gasteiger partial charge is 0.217 e. The maximum atomic E-state index is 11.8. The Balaban J connectivity index is 1.85. The molecule has 14 atom stereocenters. The van der Waals surface area contributed by atoms with Crippen molar-refractivity contribution in [2.75, 3.05) is 25.6 Å². The van der Waals surface area contributed by atoms with Gasteiger partial charge < -0.3 is 65.3 Å². The number of pyridine rings is 1. The highest BCUT2D eigenvalue weighted by Crippen LogP contribution is 2.30. The van der Waals surface area contributed by atoms with Crippen molar-refractivity contribution in [2.24, 2.45) is 0 Å². The molecule has 4 unspecified atom stereocenters. The molecule has 2 fully saturated rings. The number of amides is 1. The first kappa shape index (κ1) is 35.4. The van der Waals surface area contributed by atoms with E-state index in [1.165, 1.54) is 34.1 Å². The molecule has 17 heteroatoms. The van der Waals surface area contributed by atoms with Crippen LogP contribution in [0.1, 0.15) is 20.8 Å². The van der Waals surface area contributed by atoms with E-state index in [1.807, 2.05) is 0 Å². The molecule has 0 saturated carbocycles. The van der Waals surface area contributed by atoms with Crippen LogP contribution in [-0.4, -0.2) is 153 Å². The average molecular weight is 622 g/mol. The minimum atomic E-state index is -1.66. The highest BCUT2D eigenvalue weighted by molar-refractivity contribution is 5.73. The number of methoxy groups -OCH3 is 1. The third-order valence-corrected chi connectivity index (χ3v) is 7.23. The average Bonchev–Trinajstić information content (AvgIpc) is 2.98. The zero-order valence-electron chi connectivity index (χ0n) is 24.2. The van der Waals surface area contributed by atoms with E-state index >= 15 is 0 Å². The summed E-state index contributed by atoms with van der Waals surface area (Å²) >= 11 is 0. The highest BCUT2D eigenvalue weighted by Gasteiger charge is 2.51. The van der Waals surface area contributed by atoms with Gasteiger partial charge in [0.15, 0.2) is 12.4 Å². The zero-order chi connectivity index (χ0) is 31.8. The van der Waals surface area contributed by atoms with E-state index in [0.29, 0.717) is 5.82 Å². The predicted octanol–water partition coefficient (Wildman–Crippen LogP) is -3.64. The van der Waals surface area contributed by atoms with Gasteiger partial charge in [0.05, 0.1) is 18.8 Å². The van der Waals surface area contributed by atoms with E-state index in [9.17, 15) is 40.5 Å². The van der Waals surface area contributed by atoms with Gasteiger partial charge >= 0.3 is 0 Å². The van der Waals surface area contributed by atoms with Crippen LogP contribution < -0.4 is 10.6 Å². The van der Waals surface area contributed by atoms with Crippen molar-refractivity contribution < 1.29 is 69.3 Å². The molecule has 9 N–H and O–H groups in total. The number of aliphatic hydroxyl groups is 7. The Labute approximate surface area is 248 Å². The van der Waals surface area contributed by atoms with Crippen molar-refractivity contribution in [3.05, 3.63) is 24.4 Å². The number of ether oxygens (including phenoxy) is 4. The van der Waals surface area contributed by atoms with Crippen molar-refractivity contribution >= 4 is 11.7 Å². The first-order chi connectivity index (χ1) is 20.4. The third kappa shape index (κ3) is 8.98. The molecule has 1 amide bonds. The summed E-state index contributed by atoms with van der Waals surface area (Å²) < 4.78 is 22.9. The summed E-state index contributed by atoms with van der Waals surface area (Å²) in [7, 11) is 1.28. The lowest BCUT2D eigenvalue weighted by Crippen LogP contribution is -2.65. The fraction of sp³-hybridized carbons (Fsp3) is 0.769. The molecule has 246 valence electrons. The number of carbonyl (C=O) groups excluding carboxylic acids is 1. The van der Waals surface area contributed by atoms with Gasteiger partial charge in [0.1, 0.15) is 60.7 Å². The van der Waals surface area contributed by atoms with Crippen LogP contribution in [0.2, 0.25) is 0 Å². The molecule has 0 spiro atoms. The van der Waals surface area contributed by atoms with Crippen molar-refractivity contribution in [1.82, 2.24) is 10.3 Å². The molecule has 0 aliphatic carbocycles. The van der Waals surface area contributed by atoms with Crippen molar-refractivity contribution in [2.45, 2.75) is 107 Å². The van der Waals surface area contributed by atoms with Crippen LogP contribution >= 0.6 is 0 Å². The number of hydrogen-bond donors (Lipinski definition) is 9. The van der Waals surface area contributed by atoms with Crippen LogP contribution in [-0.2, 0) is 33.5 Å². The fourth-order valence-electron chi connectivity index (χ4n) is 4.74. The molecule has 43 heavy (non-hydrogen) atoms. The third-order valence-electron chi connectivity index (χ3n) is 7.23. The monoisotopic (exact) mass is 621 g/mol. The second-order valence-corrected chi connectivity index (χ2v) is 10.5. The highest BCUT2D eigenvalue weighted by atomic mass is 17.2. The lowest BCUT2D eigenvalue weighted by atomic mass is 9.97. The molecular weight excluding hydrogens is 578 g/mol. The number of carbonyl (C=O) groups is 1. The number of rotatable bonds is 14. The molecule has 2 saturated heterocycles. The zero-order valence-corrected chi connectivity index (χ0v) is 24.2. The Bertz CT molecular complexity index is 980. The molecule has 1 aromatic rings. The summed E-state index contributed by atoms with van der Waals surface area (Å²) in [4.78, 5) is 26.9. The van der Waals surface area contributed by atoms with Crippen LogP contribution in [0.25, 0.3) is 0 Å². The summed E-state index contributed by atoms with van der Waals surface area (Å²) in [6.07, 6.45) is -16.6. The van der Waals surface area contributed by atoms with E-state index in [4.69, 9.17) is 28.7 Å². The van der Waals surface area contributed by atoms with Gasteiger partial charge in [-0.3, -0.25) is 4.79 Å². The van der Waals surface area contributed by atoms with E-state index in [2.05, 4.69) is 15.6 Å². The van der Waals surface area contributed by atoms with Gasteiger partial charge in [-0.25, -0.2) is 14.8 Å². The Morgan fingerprint density at radius 2 is 1.74 bits per heavy atom. The molecule has 17 nitrogen and oxygen atoms in total. The Morgan fingerprint density at radius 3 is 2.33 bits per heavy atom. The summed E-state index contributed by atoms with van der Waals surface area (Å²) in [6.45, 7) is 3.15. The van der Waals surface area contributed by atoms with Gasteiger partial charge in [0.25, 0.3) is 0 Å². The van der Waals surface area contributed by atoms with Gasteiger partial charge in [0.2, 0.25) is 12.2 Å². The molecule has 1 aromatic heterocycles. The van der Waals surface area contributed by atoms with Gasteiger partial charge in [-0.1, -0.05) is 6.07 Å². The van der Waals surface area contributed by atoms with E-state index in [0.717, 1.165) is 0 Å². The van der Waals surface area contributed by atoms with Gasteiger partial charge in [0, 0.05) is 26.8 Å².